The lowest BCUT2D eigenvalue weighted by atomic mass is 9.90. The minimum Gasteiger partial charge on any atom is -0.489 e. The van der Waals surface area contributed by atoms with Crippen LogP contribution in [-0.2, 0) is 6.61 Å². The lowest BCUT2D eigenvalue weighted by Crippen LogP contribution is -2.33. The molecule has 2 N–H and O–H groups in total. The largest absolute Gasteiger partial charge is 0.489 e. The Bertz CT molecular complexity index is 1270. The van der Waals surface area contributed by atoms with Crippen LogP contribution in [0.2, 0.25) is 0 Å². The number of nitrogen functional groups attached to an aromatic ring is 1. The van der Waals surface area contributed by atoms with Gasteiger partial charge in [0, 0.05) is 23.3 Å². The Balaban J connectivity index is 1.51. The summed E-state index contributed by atoms with van der Waals surface area (Å²) in [5.74, 6) is 1.36. The van der Waals surface area contributed by atoms with Crippen LogP contribution < -0.4 is 10.5 Å². The number of aromatic nitrogens is 3. The zero-order chi connectivity index (χ0) is 23.7. The molecule has 6 nitrogen and oxygen atoms in total. The van der Waals surface area contributed by atoms with Gasteiger partial charge in [0.15, 0.2) is 0 Å². The first-order valence-corrected chi connectivity index (χ1v) is 12.1. The molecule has 4 aromatic rings. The van der Waals surface area contributed by atoms with E-state index in [0.29, 0.717) is 24.5 Å². The summed E-state index contributed by atoms with van der Waals surface area (Å²) in [5.41, 5.74) is 11.9. The summed E-state index contributed by atoms with van der Waals surface area (Å²) in [6, 6.07) is 19.6. The molecule has 1 aliphatic rings. The SMILES string of the molecule is Cc1c(-c2cccc(OCc3ccccc3)c2)c2c(N)ncnc2n1C1CCC(N(C)C)CC1. The first-order valence-electron chi connectivity index (χ1n) is 12.1. The lowest BCUT2D eigenvalue weighted by Gasteiger charge is -2.34. The van der Waals surface area contributed by atoms with Crippen LogP contribution in [0.4, 0.5) is 5.82 Å². The van der Waals surface area contributed by atoms with Gasteiger partial charge in [0.25, 0.3) is 0 Å². The zero-order valence-corrected chi connectivity index (χ0v) is 20.2. The van der Waals surface area contributed by atoms with Crippen molar-refractivity contribution in [3.63, 3.8) is 0 Å². The van der Waals surface area contributed by atoms with E-state index < -0.39 is 0 Å². The van der Waals surface area contributed by atoms with Crippen LogP contribution in [0.3, 0.4) is 0 Å². The topological polar surface area (TPSA) is 69.2 Å². The molecule has 2 aromatic heterocycles. The minimum absolute atomic E-state index is 0.416. The van der Waals surface area contributed by atoms with Crippen molar-refractivity contribution >= 4 is 16.9 Å². The monoisotopic (exact) mass is 455 g/mol. The molecule has 0 bridgehead atoms. The van der Waals surface area contributed by atoms with Crippen LogP contribution in [-0.4, -0.2) is 39.6 Å². The molecule has 2 aromatic carbocycles. The summed E-state index contributed by atoms with van der Waals surface area (Å²) in [7, 11) is 4.36. The summed E-state index contributed by atoms with van der Waals surface area (Å²) in [6.45, 7) is 2.72. The molecule has 0 unspecified atom stereocenters. The molecular weight excluding hydrogens is 422 g/mol. The Kier molecular flexibility index (Phi) is 6.24. The van der Waals surface area contributed by atoms with Gasteiger partial charge in [-0.25, -0.2) is 9.97 Å². The van der Waals surface area contributed by atoms with Gasteiger partial charge in [-0.2, -0.15) is 0 Å². The van der Waals surface area contributed by atoms with Crippen LogP contribution in [0.5, 0.6) is 5.75 Å². The van der Waals surface area contributed by atoms with E-state index in [-0.39, 0.29) is 0 Å². The van der Waals surface area contributed by atoms with Crippen molar-refractivity contribution in [2.24, 2.45) is 0 Å². The van der Waals surface area contributed by atoms with Crippen molar-refractivity contribution < 1.29 is 4.74 Å². The fourth-order valence-electron chi connectivity index (χ4n) is 5.39. The van der Waals surface area contributed by atoms with E-state index >= 15 is 0 Å². The molecule has 0 spiro atoms. The molecule has 1 aliphatic carbocycles. The Morgan fingerprint density at radius 1 is 1.00 bits per heavy atom. The average molecular weight is 456 g/mol. The van der Waals surface area contributed by atoms with Gasteiger partial charge in [0.2, 0.25) is 0 Å². The van der Waals surface area contributed by atoms with E-state index in [2.05, 4.69) is 59.7 Å². The Labute approximate surface area is 201 Å². The Morgan fingerprint density at radius 2 is 1.76 bits per heavy atom. The van der Waals surface area contributed by atoms with E-state index in [4.69, 9.17) is 15.5 Å². The van der Waals surface area contributed by atoms with Crippen molar-refractivity contribution in [2.75, 3.05) is 19.8 Å². The van der Waals surface area contributed by atoms with E-state index in [1.165, 1.54) is 18.5 Å². The number of fused-ring (bicyclic) bond motifs is 1. The highest BCUT2D eigenvalue weighted by molar-refractivity contribution is 6.02. The standard InChI is InChI=1S/C28H33N5O/c1-19-25(21-10-7-11-24(16-21)34-17-20-8-5-4-6-9-20)26-27(29)30-18-31-28(26)33(19)23-14-12-22(13-15-23)32(2)3/h4-11,16,18,22-23H,12-15,17H2,1-3H3,(H2,29,30,31). The summed E-state index contributed by atoms with van der Waals surface area (Å²) in [5, 5.41) is 0.940. The van der Waals surface area contributed by atoms with E-state index in [0.717, 1.165) is 46.3 Å². The predicted molar refractivity (Wildman–Crippen MR) is 138 cm³/mol. The fourth-order valence-corrected chi connectivity index (χ4v) is 5.39. The van der Waals surface area contributed by atoms with Crippen LogP contribution in [0.1, 0.15) is 43.0 Å². The van der Waals surface area contributed by atoms with Crippen LogP contribution in [0.15, 0.2) is 60.9 Å². The lowest BCUT2D eigenvalue weighted by molar-refractivity contribution is 0.196. The predicted octanol–water partition coefficient (Wildman–Crippen LogP) is 5.61. The first-order chi connectivity index (χ1) is 16.5. The van der Waals surface area contributed by atoms with Crippen molar-refractivity contribution in [2.45, 2.75) is 51.3 Å². The molecule has 34 heavy (non-hydrogen) atoms. The normalized spacial score (nSPS) is 18.5. The molecule has 0 aliphatic heterocycles. The van der Waals surface area contributed by atoms with Gasteiger partial charge in [-0.15, -0.1) is 0 Å². The van der Waals surface area contributed by atoms with Gasteiger partial charge in [-0.1, -0.05) is 42.5 Å². The molecule has 0 amide bonds. The smallest absolute Gasteiger partial charge is 0.146 e. The Morgan fingerprint density at radius 3 is 2.50 bits per heavy atom. The molecule has 2 heterocycles. The number of hydrogen-bond donors (Lipinski definition) is 1. The molecule has 0 radical (unpaired) electrons. The number of rotatable bonds is 6. The van der Waals surface area contributed by atoms with Gasteiger partial charge in [0.1, 0.15) is 30.1 Å². The van der Waals surface area contributed by atoms with Crippen molar-refractivity contribution in [1.82, 2.24) is 19.4 Å². The number of anilines is 1. The van der Waals surface area contributed by atoms with Gasteiger partial charge >= 0.3 is 0 Å². The molecule has 176 valence electrons. The number of nitrogens with zero attached hydrogens (tertiary/aromatic N) is 4. The maximum Gasteiger partial charge on any atom is 0.146 e. The average Bonchev–Trinajstić information content (AvgIpc) is 3.16. The maximum atomic E-state index is 6.44. The summed E-state index contributed by atoms with van der Waals surface area (Å²) < 4.78 is 8.53. The number of ether oxygens (including phenoxy) is 1. The second kappa shape index (κ2) is 9.47. The molecule has 0 atom stereocenters. The van der Waals surface area contributed by atoms with Crippen LogP contribution >= 0.6 is 0 Å². The molecule has 0 saturated heterocycles. The van der Waals surface area contributed by atoms with Crippen LogP contribution in [0.25, 0.3) is 22.2 Å². The highest BCUT2D eigenvalue weighted by Gasteiger charge is 2.28. The van der Waals surface area contributed by atoms with E-state index in [1.807, 2.05) is 30.3 Å². The molecule has 1 fully saturated rings. The maximum absolute atomic E-state index is 6.44. The summed E-state index contributed by atoms with van der Waals surface area (Å²) in [6.07, 6.45) is 6.24. The van der Waals surface area contributed by atoms with Crippen LogP contribution in [0, 0.1) is 6.92 Å². The third kappa shape index (κ3) is 4.26. The fraction of sp³-hybridized carbons (Fsp3) is 0.357. The number of hydrogen-bond acceptors (Lipinski definition) is 5. The third-order valence-electron chi connectivity index (χ3n) is 7.19. The number of benzene rings is 2. The second-order valence-corrected chi connectivity index (χ2v) is 9.52. The van der Waals surface area contributed by atoms with Crippen molar-refractivity contribution in [3.8, 4) is 16.9 Å². The highest BCUT2D eigenvalue weighted by Crippen LogP contribution is 2.42. The minimum atomic E-state index is 0.416. The molecule has 6 heteroatoms. The summed E-state index contributed by atoms with van der Waals surface area (Å²) >= 11 is 0. The quantitative estimate of drug-likeness (QED) is 0.409. The Hall–Kier alpha value is -3.38. The van der Waals surface area contributed by atoms with Gasteiger partial charge < -0.3 is 19.9 Å². The molecular formula is C28H33N5O. The third-order valence-corrected chi connectivity index (χ3v) is 7.19. The first kappa shape index (κ1) is 22.4. The zero-order valence-electron chi connectivity index (χ0n) is 20.2. The van der Waals surface area contributed by atoms with Crippen molar-refractivity contribution in [1.29, 1.82) is 0 Å². The molecule has 5 rings (SSSR count). The highest BCUT2D eigenvalue weighted by atomic mass is 16.5. The van der Waals surface area contributed by atoms with Crippen molar-refractivity contribution in [3.05, 3.63) is 72.2 Å². The molecule has 1 saturated carbocycles. The second-order valence-electron chi connectivity index (χ2n) is 9.52. The number of nitrogens with two attached hydrogens (primary N) is 1. The van der Waals surface area contributed by atoms with Gasteiger partial charge in [-0.3, -0.25) is 0 Å². The van der Waals surface area contributed by atoms with E-state index in [9.17, 15) is 0 Å². The van der Waals surface area contributed by atoms with E-state index in [1.54, 1.807) is 6.33 Å². The van der Waals surface area contributed by atoms with Gasteiger partial charge in [0.05, 0.1) is 5.39 Å². The summed E-state index contributed by atoms with van der Waals surface area (Å²) in [4.78, 5) is 11.4. The van der Waals surface area contributed by atoms with Gasteiger partial charge in [-0.05, 0) is 70.0 Å².